The minimum Gasteiger partial charge on any atom is -0.466 e. The van der Waals surface area contributed by atoms with Crippen molar-refractivity contribution >= 4 is 11.9 Å². The number of hydrogen-bond acceptors (Lipinski definition) is 6. The smallest absolute Gasteiger partial charge is 0.338 e. The molecule has 24 heavy (non-hydrogen) atoms. The van der Waals surface area contributed by atoms with Gasteiger partial charge in [0.15, 0.2) is 6.29 Å². The van der Waals surface area contributed by atoms with E-state index >= 15 is 0 Å². The highest BCUT2D eigenvalue weighted by Gasteiger charge is 2.55. The molecule has 0 bridgehead atoms. The molecular weight excluding hydrogens is 312 g/mol. The van der Waals surface area contributed by atoms with Crippen LogP contribution in [0.3, 0.4) is 0 Å². The molecule has 1 aromatic carbocycles. The average molecular weight is 334 g/mol. The number of fused-ring (bicyclic) bond motifs is 1. The Morgan fingerprint density at radius 1 is 1.21 bits per heavy atom. The van der Waals surface area contributed by atoms with Crippen molar-refractivity contribution in [1.29, 1.82) is 0 Å². The summed E-state index contributed by atoms with van der Waals surface area (Å²) in [6.07, 6.45) is 0.0709. The van der Waals surface area contributed by atoms with E-state index in [1.165, 1.54) is 0 Å². The van der Waals surface area contributed by atoms with E-state index in [1.54, 1.807) is 38.3 Å². The fourth-order valence-corrected chi connectivity index (χ4v) is 3.60. The number of esters is 2. The summed E-state index contributed by atoms with van der Waals surface area (Å²) in [7, 11) is 1.58. The van der Waals surface area contributed by atoms with Gasteiger partial charge in [0.05, 0.1) is 24.2 Å². The SMILES string of the molecule is CCOC(=O)[C@@H]1[C@H]2CC(OC)O[C@H]2C[C@H]1OC(=O)c1ccccc1. The van der Waals surface area contributed by atoms with Gasteiger partial charge in [-0.25, -0.2) is 4.79 Å². The van der Waals surface area contributed by atoms with E-state index in [9.17, 15) is 9.59 Å². The standard InChI is InChI=1S/C18H22O6/c1-3-22-18(20)16-12-9-15(21-2)23-13(12)10-14(16)24-17(19)11-7-5-4-6-8-11/h4-8,12-16H,3,9-10H2,1-2H3/t12-,13-,14+,15?,16+/m0/s1. The molecule has 0 N–H and O–H groups in total. The first-order valence-electron chi connectivity index (χ1n) is 8.25. The van der Waals surface area contributed by atoms with Gasteiger partial charge >= 0.3 is 11.9 Å². The van der Waals surface area contributed by atoms with Crippen LogP contribution in [-0.2, 0) is 23.7 Å². The Balaban J connectivity index is 1.74. The Morgan fingerprint density at radius 2 is 1.96 bits per heavy atom. The molecular formula is C18H22O6. The molecule has 6 heteroatoms. The summed E-state index contributed by atoms with van der Waals surface area (Å²) < 4.78 is 21.8. The molecule has 1 unspecified atom stereocenters. The highest BCUT2D eigenvalue weighted by molar-refractivity contribution is 5.89. The van der Waals surface area contributed by atoms with E-state index in [0.29, 0.717) is 25.0 Å². The lowest BCUT2D eigenvalue weighted by Gasteiger charge is -2.22. The van der Waals surface area contributed by atoms with Crippen molar-refractivity contribution in [2.45, 2.75) is 38.3 Å². The van der Waals surface area contributed by atoms with Crippen molar-refractivity contribution in [2.24, 2.45) is 11.8 Å². The number of ether oxygens (including phenoxy) is 4. The molecule has 130 valence electrons. The quantitative estimate of drug-likeness (QED) is 0.769. The van der Waals surface area contributed by atoms with Crippen LogP contribution in [0.4, 0.5) is 0 Å². The normalized spacial score (nSPS) is 31.5. The predicted octanol–water partition coefficient (Wildman–Crippen LogP) is 2.17. The Labute approximate surface area is 141 Å². The Morgan fingerprint density at radius 3 is 2.62 bits per heavy atom. The van der Waals surface area contributed by atoms with Gasteiger partial charge in [0.25, 0.3) is 0 Å². The van der Waals surface area contributed by atoms with Gasteiger partial charge in [-0.15, -0.1) is 0 Å². The number of carbonyl (C=O) groups is 2. The fourth-order valence-electron chi connectivity index (χ4n) is 3.60. The van der Waals surface area contributed by atoms with E-state index in [-0.39, 0.29) is 24.3 Å². The van der Waals surface area contributed by atoms with Crippen LogP contribution in [-0.4, -0.2) is 44.2 Å². The van der Waals surface area contributed by atoms with Crippen molar-refractivity contribution in [3.05, 3.63) is 35.9 Å². The summed E-state index contributed by atoms with van der Waals surface area (Å²) in [6, 6.07) is 8.75. The van der Waals surface area contributed by atoms with Crippen LogP contribution in [0.2, 0.25) is 0 Å². The maximum atomic E-state index is 12.4. The summed E-state index contributed by atoms with van der Waals surface area (Å²) in [5, 5.41) is 0. The molecule has 1 aromatic rings. The zero-order chi connectivity index (χ0) is 17.1. The molecule has 1 aliphatic heterocycles. The van der Waals surface area contributed by atoms with Crippen LogP contribution < -0.4 is 0 Å². The Hall–Kier alpha value is -1.92. The van der Waals surface area contributed by atoms with Gasteiger partial charge in [0, 0.05) is 25.9 Å². The van der Waals surface area contributed by atoms with Crippen molar-refractivity contribution in [3.63, 3.8) is 0 Å². The topological polar surface area (TPSA) is 71.1 Å². The molecule has 0 radical (unpaired) electrons. The highest BCUT2D eigenvalue weighted by Crippen LogP contribution is 2.45. The summed E-state index contributed by atoms with van der Waals surface area (Å²) >= 11 is 0. The van der Waals surface area contributed by atoms with E-state index < -0.39 is 18.0 Å². The third-order valence-electron chi connectivity index (χ3n) is 4.68. The van der Waals surface area contributed by atoms with Crippen molar-refractivity contribution in [2.75, 3.05) is 13.7 Å². The maximum Gasteiger partial charge on any atom is 0.338 e. The zero-order valence-corrected chi connectivity index (χ0v) is 13.8. The van der Waals surface area contributed by atoms with E-state index in [1.807, 2.05) is 6.07 Å². The Bertz CT molecular complexity index is 586. The average Bonchev–Trinajstić information content (AvgIpc) is 3.12. The van der Waals surface area contributed by atoms with Crippen molar-refractivity contribution < 1.29 is 28.5 Å². The molecule has 1 aliphatic carbocycles. The summed E-state index contributed by atoms with van der Waals surface area (Å²) in [5.74, 6) is -1.33. The molecule has 0 aromatic heterocycles. The molecule has 1 heterocycles. The van der Waals surface area contributed by atoms with Crippen LogP contribution >= 0.6 is 0 Å². The van der Waals surface area contributed by atoms with E-state index in [2.05, 4.69) is 0 Å². The van der Waals surface area contributed by atoms with Gasteiger partial charge in [0.2, 0.25) is 0 Å². The van der Waals surface area contributed by atoms with E-state index in [0.717, 1.165) is 0 Å². The molecule has 0 amide bonds. The number of benzene rings is 1. The molecule has 0 spiro atoms. The number of rotatable bonds is 5. The van der Waals surface area contributed by atoms with Crippen molar-refractivity contribution in [3.8, 4) is 0 Å². The number of hydrogen-bond donors (Lipinski definition) is 0. The second-order valence-corrected chi connectivity index (χ2v) is 6.06. The molecule has 6 nitrogen and oxygen atoms in total. The molecule has 5 atom stereocenters. The lowest BCUT2D eigenvalue weighted by atomic mass is 9.92. The lowest BCUT2D eigenvalue weighted by Crippen LogP contribution is -2.34. The number of methoxy groups -OCH3 is 1. The molecule has 2 fully saturated rings. The summed E-state index contributed by atoms with van der Waals surface area (Å²) in [4.78, 5) is 24.7. The van der Waals surface area contributed by atoms with Gasteiger partial charge < -0.3 is 18.9 Å². The summed E-state index contributed by atoms with van der Waals surface area (Å²) in [6.45, 7) is 2.05. The number of carbonyl (C=O) groups excluding carboxylic acids is 2. The van der Waals surface area contributed by atoms with Crippen LogP contribution in [0, 0.1) is 11.8 Å². The first-order valence-corrected chi connectivity index (χ1v) is 8.25. The van der Waals surface area contributed by atoms with E-state index in [4.69, 9.17) is 18.9 Å². The monoisotopic (exact) mass is 334 g/mol. The molecule has 1 saturated carbocycles. The van der Waals surface area contributed by atoms with Crippen LogP contribution in [0.25, 0.3) is 0 Å². The van der Waals surface area contributed by atoms with Crippen molar-refractivity contribution in [1.82, 2.24) is 0 Å². The van der Waals surface area contributed by atoms with Gasteiger partial charge in [-0.2, -0.15) is 0 Å². The minimum atomic E-state index is -0.537. The second kappa shape index (κ2) is 7.32. The molecule has 2 aliphatic rings. The summed E-state index contributed by atoms with van der Waals surface area (Å²) in [5.41, 5.74) is 0.466. The predicted molar refractivity (Wildman–Crippen MR) is 84.2 cm³/mol. The van der Waals surface area contributed by atoms with Gasteiger partial charge in [-0.3, -0.25) is 4.79 Å². The minimum absolute atomic E-state index is 0.0532. The third kappa shape index (κ3) is 3.30. The second-order valence-electron chi connectivity index (χ2n) is 6.06. The molecule has 1 saturated heterocycles. The van der Waals surface area contributed by atoms with Crippen LogP contribution in [0.1, 0.15) is 30.1 Å². The zero-order valence-electron chi connectivity index (χ0n) is 13.8. The van der Waals surface area contributed by atoms with Crippen LogP contribution in [0.15, 0.2) is 30.3 Å². The van der Waals surface area contributed by atoms with Gasteiger partial charge in [0.1, 0.15) is 6.10 Å². The third-order valence-corrected chi connectivity index (χ3v) is 4.68. The van der Waals surface area contributed by atoms with Gasteiger partial charge in [-0.05, 0) is 19.1 Å². The lowest BCUT2D eigenvalue weighted by molar-refractivity contribution is -0.153. The first kappa shape index (κ1) is 16.9. The Kier molecular flexibility index (Phi) is 5.16. The molecule has 3 rings (SSSR count). The largest absolute Gasteiger partial charge is 0.466 e. The fraction of sp³-hybridized carbons (Fsp3) is 0.556. The first-order chi connectivity index (χ1) is 11.6. The maximum absolute atomic E-state index is 12.4. The van der Waals surface area contributed by atoms with Gasteiger partial charge in [-0.1, -0.05) is 18.2 Å². The highest BCUT2D eigenvalue weighted by atomic mass is 16.7. The van der Waals surface area contributed by atoms with Crippen LogP contribution in [0.5, 0.6) is 0 Å².